The Balaban J connectivity index is 2.02. The Labute approximate surface area is 134 Å². The van der Waals surface area contributed by atoms with Gasteiger partial charge < -0.3 is 0 Å². The maximum atomic E-state index is 11.9. The number of hydrogen-bond acceptors (Lipinski definition) is 2. The number of carbonyl (C=O) groups is 1. The van der Waals surface area contributed by atoms with Crippen molar-refractivity contribution in [2.24, 2.45) is 0 Å². The lowest BCUT2D eigenvalue weighted by atomic mass is 10.0. The van der Waals surface area contributed by atoms with E-state index in [0.29, 0.717) is 18.5 Å². The van der Waals surface area contributed by atoms with Crippen LogP contribution in [0.5, 0.6) is 0 Å². The van der Waals surface area contributed by atoms with E-state index < -0.39 is 0 Å². The molecule has 1 aliphatic heterocycles. The van der Waals surface area contributed by atoms with Gasteiger partial charge in [0.1, 0.15) is 0 Å². The molecule has 0 unspecified atom stereocenters. The molecule has 2 atom stereocenters. The van der Waals surface area contributed by atoms with Gasteiger partial charge in [0.25, 0.3) is 0 Å². The third-order valence-electron chi connectivity index (χ3n) is 4.23. The van der Waals surface area contributed by atoms with Gasteiger partial charge in [-0.15, -0.1) is 0 Å². The van der Waals surface area contributed by atoms with Crippen molar-refractivity contribution >= 4 is 5.78 Å². The zero-order chi connectivity index (χ0) is 15.8. The summed E-state index contributed by atoms with van der Waals surface area (Å²) in [4.78, 5) is 14.3. The Morgan fingerprint density at radius 2 is 2.09 bits per heavy atom. The van der Waals surface area contributed by atoms with E-state index in [0.717, 1.165) is 25.8 Å². The number of unbranched alkanes of at least 4 members (excludes halogenated alkanes) is 1. The number of benzene rings is 1. The smallest absolute Gasteiger partial charge is 0.155 e. The van der Waals surface area contributed by atoms with E-state index in [1.165, 1.54) is 5.56 Å². The topological polar surface area (TPSA) is 20.3 Å². The monoisotopic (exact) mass is 297 g/mol. The molecule has 2 rings (SSSR count). The first-order valence-corrected chi connectivity index (χ1v) is 8.38. The molecule has 0 spiro atoms. The summed E-state index contributed by atoms with van der Waals surface area (Å²) in [5.41, 5.74) is 1.32. The van der Waals surface area contributed by atoms with Crippen LogP contribution in [0, 0.1) is 0 Å². The summed E-state index contributed by atoms with van der Waals surface area (Å²) in [5.74, 6) is 0.253. The fourth-order valence-electron chi connectivity index (χ4n) is 2.86. The molecule has 0 N–H and O–H groups in total. The average Bonchev–Trinajstić information content (AvgIpc) is 2.54. The highest BCUT2D eigenvalue weighted by atomic mass is 16.1. The van der Waals surface area contributed by atoms with Gasteiger partial charge in [-0.25, -0.2) is 0 Å². The molecule has 1 aromatic carbocycles. The molecular formula is C20H27NO. The van der Waals surface area contributed by atoms with Crippen molar-refractivity contribution in [2.45, 2.75) is 58.2 Å². The van der Waals surface area contributed by atoms with Gasteiger partial charge in [0, 0.05) is 25.0 Å². The van der Waals surface area contributed by atoms with Gasteiger partial charge in [-0.3, -0.25) is 9.69 Å². The van der Waals surface area contributed by atoms with Crippen LogP contribution in [0.25, 0.3) is 0 Å². The molecule has 1 aromatic rings. The number of rotatable bonds is 7. The molecular weight excluding hydrogens is 270 g/mol. The second-order valence-corrected chi connectivity index (χ2v) is 6.06. The van der Waals surface area contributed by atoms with Gasteiger partial charge in [-0.05, 0) is 31.4 Å². The predicted molar refractivity (Wildman–Crippen MR) is 92.7 cm³/mol. The van der Waals surface area contributed by atoms with E-state index in [2.05, 4.69) is 61.2 Å². The molecule has 0 fully saturated rings. The molecule has 0 aromatic heterocycles. The largest absolute Gasteiger partial charge is 0.295 e. The molecule has 0 amide bonds. The van der Waals surface area contributed by atoms with Crippen molar-refractivity contribution < 1.29 is 4.79 Å². The maximum Gasteiger partial charge on any atom is 0.155 e. The SMILES string of the molecule is CCCCC(=O)/C=C/[C@@H]1CC=C[C@H](C)N1Cc1ccccc1. The van der Waals surface area contributed by atoms with Crippen molar-refractivity contribution in [3.05, 3.63) is 60.2 Å². The van der Waals surface area contributed by atoms with Crippen molar-refractivity contribution in [3.63, 3.8) is 0 Å². The Bertz CT molecular complexity index is 518. The number of hydrogen-bond donors (Lipinski definition) is 0. The van der Waals surface area contributed by atoms with Gasteiger partial charge in [0.2, 0.25) is 0 Å². The number of allylic oxidation sites excluding steroid dienone is 1. The summed E-state index contributed by atoms with van der Waals surface area (Å²) >= 11 is 0. The normalized spacial score (nSPS) is 22.3. The molecule has 0 saturated carbocycles. The minimum Gasteiger partial charge on any atom is -0.295 e. The van der Waals surface area contributed by atoms with Gasteiger partial charge in [0.05, 0.1) is 0 Å². The highest BCUT2D eigenvalue weighted by Crippen LogP contribution is 2.21. The lowest BCUT2D eigenvalue weighted by Crippen LogP contribution is -2.41. The molecule has 0 aliphatic carbocycles. The molecule has 1 heterocycles. The van der Waals surface area contributed by atoms with Crippen LogP contribution < -0.4 is 0 Å². The van der Waals surface area contributed by atoms with Crippen LogP contribution in [-0.4, -0.2) is 22.8 Å². The zero-order valence-electron chi connectivity index (χ0n) is 13.7. The van der Waals surface area contributed by atoms with E-state index in [1.54, 1.807) is 6.08 Å². The van der Waals surface area contributed by atoms with Crippen LogP contribution in [0.1, 0.15) is 45.1 Å². The number of nitrogens with zero attached hydrogens (tertiary/aromatic N) is 1. The molecule has 118 valence electrons. The first-order chi connectivity index (χ1) is 10.7. The van der Waals surface area contributed by atoms with Gasteiger partial charge in [-0.1, -0.05) is 61.9 Å². The number of carbonyl (C=O) groups excluding carboxylic acids is 1. The second kappa shape index (κ2) is 8.70. The Hall–Kier alpha value is -1.67. The quantitative estimate of drug-likeness (QED) is 0.545. The first kappa shape index (κ1) is 16.7. The Morgan fingerprint density at radius 3 is 2.82 bits per heavy atom. The van der Waals surface area contributed by atoms with Gasteiger partial charge in [-0.2, -0.15) is 0 Å². The summed E-state index contributed by atoms with van der Waals surface area (Å²) in [6, 6.07) is 11.3. The van der Waals surface area contributed by atoms with Crippen molar-refractivity contribution in [1.82, 2.24) is 4.90 Å². The van der Waals surface area contributed by atoms with Gasteiger partial charge >= 0.3 is 0 Å². The lowest BCUT2D eigenvalue weighted by Gasteiger charge is -2.36. The fourth-order valence-corrected chi connectivity index (χ4v) is 2.86. The molecule has 0 radical (unpaired) electrons. The van der Waals surface area contributed by atoms with Crippen molar-refractivity contribution in [3.8, 4) is 0 Å². The highest BCUT2D eigenvalue weighted by Gasteiger charge is 2.22. The first-order valence-electron chi connectivity index (χ1n) is 8.38. The van der Waals surface area contributed by atoms with E-state index in [-0.39, 0.29) is 5.78 Å². The third-order valence-corrected chi connectivity index (χ3v) is 4.23. The van der Waals surface area contributed by atoms with Crippen molar-refractivity contribution in [2.75, 3.05) is 0 Å². The Morgan fingerprint density at radius 1 is 1.32 bits per heavy atom. The van der Waals surface area contributed by atoms with Crippen LogP contribution in [0.2, 0.25) is 0 Å². The molecule has 1 aliphatic rings. The third kappa shape index (κ3) is 4.96. The maximum absolute atomic E-state index is 11.9. The van der Waals surface area contributed by atoms with Crippen LogP contribution in [0.3, 0.4) is 0 Å². The lowest BCUT2D eigenvalue weighted by molar-refractivity contribution is -0.114. The second-order valence-electron chi connectivity index (χ2n) is 6.06. The van der Waals surface area contributed by atoms with Crippen LogP contribution in [-0.2, 0) is 11.3 Å². The number of ketones is 1. The molecule has 22 heavy (non-hydrogen) atoms. The van der Waals surface area contributed by atoms with E-state index in [4.69, 9.17) is 0 Å². The predicted octanol–water partition coefficient (Wildman–Crippen LogP) is 4.52. The summed E-state index contributed by atoms with van der Waals surface area (Å²) in [6.45, 7) is 5.26. The van der Waals surface area contributed by atoms with E-state index in [1.807, 2.05) is 6.07 Å². The Kier molecular flexibility index (Phi) is 6.60. The summed E-state index contributed by atoms with van der Waals surface area (Å²) in [7, 11) is 0. The summed E-state index contributed by atoms with van der Waals surface area (Å²) in [6.07, 6.45) is 12.1. The van der Waals surface area contributed by atoms with Crippen LogP contribution >= 0.6 is 0 Å². The fraction of sp³-hybridized carbons (Fsp3) is 0.450. The van der Waals surface area contributed by atoms with Crippen molar-refractivity contribution in [1.29, 1.82) is 0 Å². The van der Waals surface area contributed by atoms with Crippen LogP contribution in [0.4, 0.5) is 0 Å². The molecule has 0 saturated heterocycles. The molecule has 2 nitrogen and oxygen atoms in total. The summed E-state index contributed by atoms with van der Waals surface area (Å²) in [5, 5.41) is 0. The molecule has 0 bridgehead atoms. The highest BCUT2D eigenvalue weighted by molar-refractivity contribution is 5.89. The van der Waals surface area contributed by atoms with Crippen LogP contribution in [0.15, 0.2) is 54.6 Å². The summed E-state index contributed by atoms with van der Waals surface area (Å²) < 4.78 is 0. The standard InChI is InChI=1S/C20H27NO/c1-3-4-13-20(22)15-14-19-12-8-9-17(2)21(19)16-18-10-6-5-7-11-18/h5-11,14-15,17,19H,3-4,12-13,16H2,1-2H3/b15-14+/t17-,19-/m0/s1. The van der Waals surface area contributed by atoms with E-state index >= 15 is 0 Å². The van der Waals surface area contributed by atoms with E-state index in [9.17, 15) is 4.79 Å². The minimum atomic E-state index is 0.253. The van der Waals surface area contributed by atoms with Gasteiger partial charge in [0.15, 0.2) is 5.78 Å². The average molecular weight is 297 g/mol. The molecule has 2 heteroatoms. The minimum absolute atomic E-state index is 0.253. The zero-order valence-corrected chi connectivity index (χ0v) is 13.7.